The van der Waals surface area contributed by atoms with Crippen LogP contribution in [0.5, 0.6) is 5.75 Å². The van der Waals surface area contributed by atoms with Crippen molar-refractivity contribution in [3.05, 3.63) is 41.7 Å². The summed E-state index contributed by atoms with van der Waals surface area (Å²) < 4.78 is 24.0. The lowest BCUT2D eigenvalue weighted by Crippen LogP contribution is -2.58. The van der Waals surface area contributed by atoms with Gasteiger partial charge in [0.25, 0.3) is 0 Å². The second-order valence-corrected chi connectivity index (χ2v) is 11.2. The fourth-order valence-electron chi connectivity index (χ4n) is 6.89. The lowest BCUT2D eigenvalue weighted by molar-refractivity contribution is -0.141. The number of carbonyl (C=O) groups excluding carboxylic acids is 1. The first-order valence-corrected chi connectivity index (χ1v) is 12.9. The van der Waals surface area contributed by atoms with Gasteiger partial charge in [-0.3, -0.25) is 4.79 Å². The van der Waals surface area contributed by atoms with Crippen molar-refractivity contribution in [2.75, 3.05) is 19.8 Å². The van der Waals surface area contributed by atoms with Crippen LogP contribution in [0.2, 0.25) is 0 Å². The van der Waals surface area contributed by atoms with E-state index in [0.29, 0.717) is 42.3 Å². The smallest absolute Gasteiger partial charge is 0.226 e. The van der Waals surface area contributed by atoms with Crippen LogP contribution in [0.15, 0.2) is 36.2 Å². The fraction of sp³-hybridized carbons (Fsp3) is 0.679. The molecule has 1 saturated heterocycles. The maximum atomic E-state index is 13.3. The molecule has 4 saturated carbocycles. The Morgan fingerprint density at radius 1 is 1.06 bits per heavy atom. The molecule has 33 heavy (non-hydrogen) atoms. The van der Waals surface area contributed by atoms with Crippen LogP contribution in [0.1, 0.15) is 83.1 Å². The first-order valence-electron chi connectivity index (χ1n) is 12.9. The normalized spacial score (nSPS) is 31.3. The van der Waals surface area contributed by atoms with E-state index >= 15 is 0 Å². The summed E-state index contributed by atoms with van der Waals surface area (Å²) in [6.07, 6.45) is 12.1. The van der Waals surface area contributed by atoms with Crippen molar-refractivity contribution in [3.8, 4) is 5.75 Å². The summed E-state index contributed by atoms with van der Waals surface area (Å²) in [6.45, 7) is 3.99. The van der Waals surface area contributed by atoms with E-state index in [-0.39, 0.29) is 10.8 Å². The van der Waals surface area contributed by atoms with Gasteiger partial charge in [-0.2, -0.15) is 0 Å². The van der Waals surface area contributed by atoms with E-state index in [4.69, 9.17) is 9.47 Å². The minimum absolute atomic E-state index is 0.154. The lowest BCUT2D eigenvalue weighted by Gasteiger charge is -2.55. The zero-order valence-electron chi connectivity index (χ0n) is 20.0. The highest BCUT2D eigenvalue weighted by molar-refractivity contribution is 5.83. The van der Waals surface area contributed by atoms with E-state index < -0.39 is 0 Å². The van der Waals surface area contributed by atoms with Gasteiger partial charge in [-0.1, -0.05) is 19.1 Å². The predicted molar refractivity (Wildman–Crippen MR) is 127 cm³/mol. The second kappa shape index (κ2) is 9.05. The molecule has 1 aromatic rings. The highest BCUT2D eigenvalue weighted by atomic mass is 19.1. The molecule has 1 heterocycles. The maximum absolute atomic E-state index is 13.3. The van der Waals surface area contributed by atoms with Crippen LogP contribution in [-0.2, 0) is 14.9 Å². The third-order valence-corrected chi connectivity index (χ3v) is 9.47. The quantitative estimate of drug-likeness (QED) is 0.549. The minimum Gasteiger partial charge on any atom is -0.489 e. The Hall–Kier alpha value is -1.88. The van der Waals surface area contributed by atoms with E-state index in [1.54, 1.807) is 0 Å². The lowest BCUT2D eigenvalue weighted by atomic mass is 9.51. The molecule has 1 N–H and O–H groups in total. The first kappa shape index (κ1) is 22.9. The fourth-order valence-corrected chi connectivity index (χ4v) is 6.89. The van der Waals surface area contributed by atoms with Gasteiger partial charge in [0.2, 0.25) is 5.91 Å². The van der Waals surface area contributed by atoms with Gasteiger partial charge >= 0.3 is 0 Å². The molecular weight excluding hydrogens is 417 g/mol. The van der Waals surface area contributed by atoms with Crippen LogP contribution >= 0.6 is 0 Å². The summed E-state index contributed by atoms with van der Waals surface area (Å²) in [7, 11) is 0. The molecule has 4 nitrogen and oxygen atoms in total. The van der Waals surface area contributed by atoms with Crippen LogP contribution in [-0.4, -0.2) is 31.8 Å². The average molecular weight is 456 g/mol. The maximum Gasteiger partial charge on any atom is 0.226 e. The summed E-state index contributed by atoms with van der Waals surface area (Å²) in [5.41, 5.74) is 2.50. The molecule has 0 atom stereocenters. The first-order chi connectivity index (χ1) is 16.0. The number of ether oxygens (including phenoxy) is 2. The van der Waals surface area contributed by atoms with Gasteiger partial charge in [0.1, 0.15) is 12.4 Å². The standard InChI is InChI=1S/C28H38FNO3/c1-2-21(19-29)20-33-24-5-3-22(4-6-24)27-7-10-28(11-8-27,12-9-27)25(31)30-23-17-26(18-23)13-15-32-16-14-26/h3-6,19,23H,2,7-18,20H2,1H3,(H,30,31)/b21-19+. The number of nitrogens with one attached hydrogen (secondary N) is 1. The molecule has 1 amide bonds. The van der Waals surface area contributed by atoms with E-state index in [9.17, 15) is 9.18 Å². The Morgan fingerprint density at radius 3 is 2.27 bits per heavy atom. The van der Waals surface area contributed by atoms with E-state index in [1.807, 2.05) is 19.1 Å². The monoisotopic (exact) mass is 455 g/mol. The Balaban J connectivity index is 1.15. The van der Waals surface area contributed by atoms with Crippen LogP contribution < -0.4 is 10.1 Å². The van der Waals surface area contributed by atoms with Crippen molar-refractivity contribution in [1.29, 1.82) is 0 Å². The van der Waals surface area contributed by atoms with Crippen LogP contribution in [0.3, 0.4) is 0 Å². The van der Waals surface area contributed by atoms with Crippen LogP contribution in [0.25, 0.3) is 0 Å². The minimum atomic E-state index is -0.154. The summed E-state index contributed by atoms with van der Waals surface area (Å²) in [6, 6.07) is 8.76. The van der Waals surface area contributed by atoms with Crippen molar-refractivity contribution in [3.63, 3.8) is 0 Å². The van der Waals surface area contributed by atoms with Gasteiger partial charge in [0.15, 0.2) is 0 Å². The Labute approximate surface area is 197 Å². The Kier molecular flexibility index (Phi) is 6.28. The summed E-state index contributed by atoms with van der Waals surface area (Å²) >= 11 is 0. The molecular formula is C28H38FNO3. The molecule has 0 aromatic heterocycles. The van der Waals surface area contributed by atoms with Crippen LogP contribution in [0.4, 0.5) is 4.39 Å². The van der Waals surface area contributed by atoms with Crippen molar-refractivity contribution >= 4 is 5.91 Å². The number of amides is 1. The zero-order chi connectivity index (χ0) is 22.9. The molecule has 5 heteroatoms. The summed E-state index contributed by atoms with van der Waals surface area (Å²) in [5.74, 6) is 1.10. The number of carbonyl (C=O) groups is 1. The van der Waals surface area contributed by atoms with Gasteiger partial charge in [0.05, 0.1) is 6.33 Å². The molecule has 1 spiro atoms. The van der Waals surface area contributed by atoms with Gasteiger partial charge in [-0.25, -0.2) is 4.39 Å². The highest BCUT2D eigenvalue weighted by Crippen LogP contribution is 2.58. The second-order valence-electron chi connectivity index (χ2n) is 11.2. The molecule has 5 aliphatic rings. The molecule has 0 radical (unpaired) electrons. The topological polar surface area (TPSA) is 47.6 Å². The number of rotatable bonds is 7. The van der Waals surface area contributed by atoms with Crippen molar-refractivity contribution in [2.24, 2.45) is 10.8 Å². The van der Waals surface area contributed by atoms with Gasteiger partial charge < -0.3 is 14.8 Å². The molecule has 180 valence electrons. The largest absolute Gasteiger partial charge is 0.489 e. The molecule has 4 aliphatic carbocycles. The molecule has 0 unspecified atom stereocenters. The predicted octanol–water partition coefficient (Wildman–Crippen LogP) is 6.00. The van der Waals surface area contributed by atoms with Gasteiger partial charge in [0, 0.05) is 24.7 Å². The van der Waals surface area contributed by atoms with Crippen molar-refractivity contribution in [1.82, 2.24) is 5.32 Å². The van der Waals surface area contributed by atoms with Crippen LogP contribution in [0, 0.1) is 10.8 Å². The number of halogens is 1. The SMILES string of the molecule is CC/C(=C\F)COc1ccc(C23CCC(C(=O)NC4CC5(CCOCC5)C4)(CC2)CC3)cc1. The Morgan fingerprint density at radius 2 is 1.70 bits per heavy atom. The number of hydrogen-bond donors (Lipinski definition) is 1. The number of hydrogen-bond acceptors (Lipinski definition) is 3. The number of fused-ring (bicyclic) bond motifs is 3. The van der Waals surface area contributed by atoms with E-state index in [2.05, 4.69) is 17.4 Å². The molecule has 2 bridgehead atoms. The van der Waals surface area contributed by atoms with E-state index in [1.165, 1.54) is 5.56 Å². The highest BCUT2D eigenvalue weighted by Gasteiger charge is 2.54. The average Bonchev–Trinajstić information content (AvgIpc) is 2.86. The number of benzene rings is 1. The van der Waals surface area contributed by atoms with Crippen molar-refractivity contribution < 1.29 is 18.7 Å². The zero-order valence-corrected chi connectivity index (χ0v) is 20.0. The molecule has 1 aliphatic heterocycles. The van der Waals surface area contributed by atoms with Gasteiger partial charge in [-0.05, 0) is 105 Å². The van der Waals surface area contributed by atoms with Crippen molar-refractivity contribution in [2.45, 2.75) is 89.0 Å². The van der Waals surface area contributed by atoms with Gasteiger partial charge in [-0.15, -0.1) is 0 Å². The third-order valence-electron chi connectivity index (χ3n) is 9.47. The summed E-state index contributed by atoms with van der Waals surface area (Å²) in [4.78, 5) is 13.3. The Bertz CT molecular complexity index is 854. The molecule has 5 fully saturated rings. The molecule has 6 rings (SSSR count). The summed E-state index contributed by atoms with van der Waals surface area (Å²) in [5, 5.41) is 3.44. The third kappa shape index (κ3) is 4.34. The molecule has 1 aromatic carbocycles. The van der Waals surface area contributed by atoms with E-state index in [0.717, 1.165) is 83.2 Å².